The summed E-state index contributed by atoms with van der Waals surface area (Å²) in [6.07, 6.45) is 8.25. The number of nitrogens with zero attached hydrogens (tertiary/aromatic N) is 4. The largest absolute Gasteiger partial charge is 0.471 e. The SMILES string of the molecule is NC(=O)C12CC3CC(C1)C(OC(=O)N1CCC(Oc4ccc5nccn5n4)C1)C(C3)C2. The molecule has 4 aliphatic carbocycles. The fourth-order valence-electron chi connectivity index (χ4n) is 6.68. The van der Waals surface area contributed by atoms with E-state index in [-0.39, 0.29) is 41.5 Å². The van der Waals surface area contributed by atoms with Gasteiger partial charge in [-0.1, -0.05) is 0 Å². The quantitative estimate of drug-likeness (QED) is 0.802. The van der Waals surface area contributed by atoms with Crippen LogP contribution in [0, 0.1) is 23.2 Å². The van der Waals surface area contributed by atoms with E-state index in [9.17, 15) is 9.59 Å². The molecule has 2 amide bonds. The molecule has 1 saturated heterocycles. The van der Waals surface area contributed by atoms with Crippen molar-refractivity contribution >= 4 is 17.6 Å². The number of nitrogens with two attached hydrogens (primary N) is 1. The Hall–Kier alpha value is -2.84. The Morgan fingerprint density at radius 2 is 1.97 bits per heavy atom. The van der Waals surface area contributed by atoms with E-state index >= 15 is 0 Å². The molecule has 9 nitrogen and oxygen atoms in total. The van der Waals surface area contributed by atoms with Gasteiger partial charge in [0, 0.05) is 31.4 Å². The number of imidazole rings is 1. The number of carbonyl (C=O) groups is 2. The van der Waals surface area contributed by atoms with Gasteiger partial charge in [-0.2, -0.15) is 0 Å². The van der Waals surface area contributed by atoms with Crippen molar-refractivity contribution in [1.82, 2.24) is 19.5 Å². The van der Waals surface area contributed by atoms with Crippen molar-refractivity contribution in [2.24, 2.45) is 28.9 Å². The molecule has 31 heavy (non-hydrogen) atoms. The molecule has 3 unspecified atom stereocenters. The topological polar surface area (TPSA) is 112 Å². The second-order valence-electron chi connectivity index (χ2n) is 9.84. The lowest BCUT2D eigenvalue weighted by atomic mass is 9.48. The van der Waals surface area contributed by atoms with Crippen LogP contribution in [0.25, 0.3) is 5.65 Å². The molecular weight excluding hydrogens is 398 g/mol. The number of aromatic nitrogens is 3. The molecule has 2 aromatic rings. The lowest BCUT2D eigenvalue weighted by molar-refractivity contribution is -0.161. The summed E-state index contributed by atoms with van der Waals surface area (Å²) < 4.78 is 13.7. The second kappa shape index (κ2) is 6.83. The third-order valence-corrected chi connectivity index (χ3v) is 7.87. The van der Waals surface area contributed by atoms with Crippen LogP contribution in [0.1, 0.15) is 38.5 Å². The summed E-state index contributed by atoms with van der Waals surface area (Å²) in [7, 11) is 0. The first-order valence-corrected chi connectivity index (χ1v) is 11.2. The molecule has 7 rings (SSSR count). The van der Waals surface area contributed by atoms with Crippen molar-refractivity contribution in [3.63, 3.8) is 0 Å². The second-order valence-corrected chi connectivity index (χ2v) is 9.84. The Morgan fingerprint density at radius 1 is 1.16 bits per heavy atom. The smallest absolute Gasteiger partial charge is 0.410 e. The zero-order valence-electron chi connectivity index (χ0n) is 17.4. The number of likely N-dealkylation sites (tertiary alicyclic amines) is 1. The van der Waals surface area contributed by atoms with E-state index in [4.69, 9.17) is 15.2 Å². The monoisotopic (exact) mass is 425 g/mol. The summed E-state index contributed by atoms with van der Waals surface area (Å²) >= 11 is 0. The maximum atomic E-state index is 12.9. The van der Waals surface area contributed by atoms with Crippen LogP contribution in [-0.2, 0) is 9.53 Å². The zero-order valence-corrected chi connectivity index (χ0v) is 17.4. The predicted molar refractivity (Wildman–Crippen MR) is 109 cm³/mol. The van der Waals surface area contributed by atoms with E-state index in [0.29, 0.717) is 24.9 Å². The number of carbonyl (C=O) groups excluding carboxylic acids is 2. The molecule has 4 bridgehead atoms. The minimum atomic E-state index is -0.366. The molecule has 3 heterocycles. The van der Waals surface area contributed by atoms with Crippen LogP contribution in [0.15, 0.2) is 24.5 Å². The Bertz CT molecular complexity index is 1020. The van der Waals surface area contributed by atoms with Crippen LogP contribution >= 0.6 is 0 Å². The number of rotatable bonds is 4. The molecule has 1 aliphatic heterocycles. The molecule has 0 aromatic carbocycles. The number of primary amides is 1. The van der Waals surface area contributed by atoms with Crippen molar-refractivity contribution in [2.45, 2.75) is 50.7 Å². The van der Waals surface area contributed by atoms with E-state index < -0.39 is 0 Å². The molecule has 2 N–H and O–H groups in total. The first-order valence-electron chi connectivity index (χ1n) is 11.2. The van der Waals surface area contributed by atoms with Crippen LogP contribution in [-0.4, -0.2) is 56.8 Å². The predicted octanol–water partition coefficient (Wildman–Crippen LogP) is 2.00. The molecule has 5 fully saturated rings. The van der Waals surface area contributed by atoms with Crippen LogP contribution in [0.5, 0.6) is 5.88 Å². The third kappa shape index (κ3) is 3.13. The normalized spacial score (nSPS) is 36.1. The molecular formula is C22H27N5O4. The standard InChI is InChI=1S/C22H27N5O4/c23-20(28)22-9-13-7-14(10-22)19(15(8-13)11-22)31-21(29)26-5-3-16(12-26)30-18-2-1-17-24-4-6-27(17)25-18/h1-2,4,6,13-16,19H,3,5,7-12H2,(H2,23,28). The zero-order chi connectivity index (χ0) is 21.2. The van der Waals surface area contributed by atoms with E-state index in [2.05, 4.69) is 10.1 Å². The number of amides is 2. The van der Waals surface area contributed by atoms with Crippen LogP contribution in [0.2, 0.25) is 0 Å². The minimum Gasteiger partial charge on any atom is -0.471 e. The van der Waals surface area contributed by atoms with Gasteiger partial charge in [0.1, 0.15) is 12.2 Å². The summed E-state index contributed by atoms with van der Waals surface area (Å²) in [5.41, 5.74) is 6.16. The van der Waals surface area contributed by atoms with Gasteiger partial charge in [0.25, 0.3) is 0 Å². The highest BCUT2D eigenvalue weighted by Crippen LogP contribution is 2.60. The fourth-order valence-corrected chi connectivity index (χ4v) is 6.68. The van der Waals surface area contributed by atoms with Crippen LogP contribution < -0.4 is 10.5 Å². The molecule has 0 radical (unpaired) electrons. The number of fused-ring (bicyclic) bond motifs is 1. The number of hydrogen-bond acceptors (Lipinski definition) is 6. The highest BCUT2D eigenvalue weighted by atomic mass is 16.6. The molecule has 9 heteroatoms. The molecule has 3 atom stereocenters. The first-order chi connectivity index (χ1) is 15.0. The number of ether oxygens (including phenoxy) is 2. The minimum absolute atomic E-state index is 0.0955. The molecule has 2 aromatic heterocycles. The van der Waals surface area contributed by atoms with Crippen molar-refractivity contribution in [3.8, 4) is 5.88 Å². The summed E-state index contributed by atoms with van der Waals surface area (Å²) in [5.74, 6) is 1.40. The molecule has 0 spiro atoms. The average Bonchev–Trinajstić information content (AvgIpc) is 3.39. The lowest BCUT2D eigenvalue weighted by Crippen LogP contribution is -2.59. The van der Waals surface area contributed by atoms with Crippen LogP contribution in [0.4, 0.5) is 4.79 Å². The Balaban J connectivity index is 1.08. The van der Waals surface area contributed by atoms with Gasteiger partial charge in [-0.3, -0.25) is 4.79 Å². The van der Waals surface area contributed by atoms with Gasteiger partial charge in [0.15, 0.2) is 5.65 Å². The van der Waals surface area contributed by atoms with Crippen molar-refractivity contribution < 1.29 is 19.1 Å². The Labute approximate surface area is 179 Å². The maximum Gasteiger partial charge on any atom is 0.410 e. The summed E-state index contributed by atoms with van der Waals surface area (Å²) in [6, 6.07) is 3.65. The van der Waals surface area contributed by atoms with Crippen molar-refractivity contribution in [3.05, 3.63) is 24.5 Å². The van der Waals surface area contributed by atoms with E-state index in [1.54, 1.807) is 27.9 Å². The Kier molecular flexibility index (Phi) is 4.16. The summed E-state index contributed by atoms with van der Waals surface area (Å²) in [5, 5.41) is 4.39. The average molecular weight is 425 g/mol. The maximum absolute atomic E-state index is 12.9. The van der Waals surface area contributed by atoms with E-state index in [1.807, 2.05) is 6.07 Å². The van der Waals surface area contributed by atoms with E-state index in [0.717, 1.165) is 44.2 Å². The van der Waals surface area contributed by atoms with Gasteiger partial charge in [0.2, 0.25) is 11.8 Å². The summed E-state index contributed by atoms with van der Waals surface area (Å²) in [4.78, 5) is 30.9. The highest BCUT2D eigenvalue weighted by Gasteiger charge is 2.59. The van der Waals surface area contributed by atoms with Crippen LogP contribution in [0.3, 0.4) is 0 Å². The van der Waals surface area contributed by atoms with Crippen molar-refractivity contribution in [2.75, 3.05) is 13.1 Å². The van der Waals surface area contributed by atoms with Gasteiger partial charge in [-0.25, -0.2) is 14.3 Å². The number of hydrogen-bond donors (Lipinski definition) is 1. The van der Waals surface area contributed by atoms with Gasteiger partial charge in [-0.05, 0) is 55.9 Å². The highest BCUT2D eigenvalue weighted by molar-refractivity contribution is 5.81. The van der Waals surface area contributed by atoms with Gasteiger partial charge < -0.3 is 20.1 Å². The van der Waals surface area contributed by atoms with Gasteiger partial charge >= 0.3 is 6.09 Å². The third-order valence-electron chi connectivity index (χ3n) is 7.87. The van der Waals surface area contributed by atoms with Gasteiger partial charge in [-0.15, -0.1) is 5.10 Å². The van der Waals surface area contributed by atoms with E-state index in [1.165, 1.54) is 0 Å². The van der Waals surface area contributed by atoms with Gasteiger partial charge in [0.05, 0.1) is 12.0 Å². The molecule has 4 saturated carbocycles. The van der Waals surface area contributed by atoms with Crippen molar-refractivity contribution in [1.29, 1.82) is 0 Å². The fraction of sp³-hybridized carbons (Fsp3) is 0.636. The summed E-state index contributed by atoms with van der Waals surface area (Å²) in [6.45, 7) is 1.09. The lowest BCUT2D eigenvalue weighted by Gasteiger charge is -2.58. The molecule has 5 aliphatic rings. The molecule has 164 valence electrons. The Morgan fingerprint density at radius 3 is 2.74 bits per heavy atom. The first kappa shape index (κ1) is 18.9.